The first-order valence-corrected chi connectivity index (χ1v) is 7.62. The summed E-state index contributed by atoms with van der Waals surface area (Å²) in [6.45, 7) is 4.06. The summed E-state index contributed by atoms with van der Waals surface area (Å²) >= 11 is 5.92. The van der Waals surface area contributed by atoms with Crippen LogP contribution in [0.4, 0.5) is 0 Å². The van der Waals surface area contributed by atoms with Crippen molar-refractivity contribution in [2.75, 3.05) is 26.2 Å². The fraction of sp³-hybridized carbons (Fsp3) is 0.294. The standard InChI is InChI=1S/C17H19ClN2O2/c1-2-3-4-8-16(21)19-9-11-20(12-10-19)17(22)14-6-5-7-15(18)13-14/h2-8,13H,9-12H2,1H3/b3-2+,8-4+. The molecule has 5 heteroatoms. The molecular weight excluding hydrogens is 300 g/mol. The fourth-order valence-electron chi connectivity index (χ4n) is 2.29. The van der Waals surface area contributed by atoms with E-state index in [1.54, 1.807) is 46.2 Å². The number of amides is 2. The van der Waals surface area contributed by atoms with Crippen LogP contribution in [0.1, 0.15) is 17.3 Å². The van der Waals surface area contributed by atoms with Crippen LogP contribution in [0.5, 0.6) is 0 Å². The maximum Gasteiger partial charge on any atom is 0.254 e. The van der Waals surface area contributed by atoms with E-state index in [4.69, 9.17) is 11.6 Å². The minimum Gasteiger partial charge on any atom is -0.336 e. The van der Waals surface area contributed by atoms with Gasteiger partial charge in [0, 0.05) is 42.8 Å². The average molecular weight is 319 g/mol. The summed E-state index contributed by atoms with van der Waals surface area (Å²) in [5.41, 5.74) is 0.584. The van der Waals surface area contributed by atoms with E-state index in [-0.39, 0.29) is 11.8 Å². The molecule has 1 fully saturated rings. The van der Waals surface area contributed by atoms with Gasteiger partial charge in [-0.3, -0.25) is 9.59 Å². The van der Waals surface area contributed by atoms with Crippen LogP contribution < -0.4 is 0 Å². The lowest BCUT2D eigenvalue weighted by Crippen LogP contribution is -2.50. The van der Waals surface area contributed by atoms with E-state index in [2.05, 4.69) is 0 Å². The maximum absolute atomic E-state index is 12.4. The van der Waals surface area contributed by atoms with E-state index >= 15 is 0 Å². The van der Waals surface area contributed by atoms with Gasteiger partial charge in [0.15, 0.2) is 0 Å². The molecule has 1 aliphatic heterocycles. The molecule has 0 aliphatic carbocycles. The van der Waals surface area contributed by atoms with Gasteiger partial charge in [-0.05, 0) is 25.1 Å². The van der Waals surface area contributed by atoms with E-state index < -0.39 is 0 Å². The molecule has 0 atom stereocenters. The number of carbonyl (C=O) groups excluding carboxylic acids is 2. The van der Waals surface area contributed by atoms with Crippen LogP contribution in [-0.4, -0.2) is 47.8 Å². The van der Waals surface area contributed by atoms with Crippen LogP contribution in [0, 0.1) is 0 Å². The third-order valence-electron chi connectivity index (χ3n) is 3.49. The lowest BCUT2D eigenvalue weighted by atomic mass is 10.2. The molecular formula is C17H19ClN2O2. The zero-order valence-corrected chi connectivity index (χ0v) is 13.3. The molecule has 2 amide bonds. The summed E-state index contributed by atoms with van der Waals surface area (Å²) in [5.74, 6) is -0.0630. The van der Waals surface area contributed by atoms with Crippen LogP contribution in [0.25, 0.3) is 0 Å². The lowest BCUT2D eigenvalue weighted by Gasteiger charge is -2.34. The predicted molar refractivity (Wildman–Crippen MR) is 87.9 cm³/mol. The average Bonchev–Trinajstić information content (AvgIpc) is 2.54. The molecule has 0 spiro atoms. The number of piperazine rings is 1. The highest BCUT2D eigenvalue weighted by molar-refractivity contribution is 6.30. The van der Waals surface area contributed by atoms with Crippen molar-refractivity contribution in [2.24, 2.45) is 0 Å². The predicted octanol–water partition coefficient (Wildman–Crippen LogP) is 2.76. The molecule has 0 bridgehead atoms. The van der Waals surface area contributed by atoms with Crippen LogP contribution >= 0.6 is 11.6 Å². The molecule has 22 heavy (non-hydrogen) atoms. The Labute approximate surface area is 135 Å². The molecule has 1 heterocycles. The van der Waals surface area contributed by atoms with Gasteiger partial charge >= 0.3 is 0 Å². The van der Waals surface area contributed by atoms with Gasteiger partial charge in [0.25, 0.3) is 5.91 Å². The van der Waals surface area contributed by atoms with Gasteiger partial charge in [-0.25, -0.2) is 0 Å². The molecule has 4 nitrogen and oxygen atoms in total. The minimum atomic E-state index is -0.0425. The Balaban J connectivity index is 1.92. The molecule has 1 saturated heterocycles. The molecule has 1 aromatic rings. The largest absolute Gasteiger partial charge is 0.336 e. The monoisotopic (exact) mass is 318 g/mol. The first-order valence-electron chi connectivity index (χ1n) is 7.25. The number of carbonyl (C=O) groups is 2. The minimum absolute atomic E-state index is 0.0204. The second-order valence-corrected chi connectivity index (χ2v) is 5.45. The van der Waals surface area contributed by atoms with E-state index in [9.17, 15) is 9.59 Å². The van der Waals surface area contributed by atoms with Gasteiger partial charge in [-0.1, -0.05) is 35.9 Å². The van der Waals surface area contributed by atoms with E-state index in [1.807, 2.05) is 19.1 Å². The summed E-state index contributed by atoms with van der Waals surface area (Å²) in [6.07, 6.45) is 6.96. The molecule has 0 radical (unpaired) electrons. The summed E-state index contributed by atoms with van der Waals surface area (Å²) in [5, 5.41) is 0.550. The molecule has 0 saturated carbocycles. The number of hydrogen-bond donors (Lipinski definition) is 0. The smallest absolute Gasteiger partial charge is 0.254 e. The molecule has 116 valence electrons. The highest BCUT2D eigenvalue weighted by Gasteiger charge is 2.23. The van der Waals surface area contributed by atoms with E-state index in [0.717, 1.165) is 0 Å². The molecule has 0 unspecified atom stereocenters. The maximum atomic E-state index is 12.4. The zero-order chi connectivity index (χ0) is 15.9. The second-order valence-electron chi connectivity index (χ2n) is 5.01. The van der Waals surface area contributed by atoms with Gasteiger partial charge < -0.3 is 9.80 Å². The van der Waals surface area contributed by atoms with Gasteiger partial charge in [0.1, 0.15) is 0 Å². The summed E-state index contributed by atoms with van der Waals surface area (Å²) < 4.78 is 0. The molecule has 1 aromatic carbocycles. The molecule has 0 N–H and O–H groups in total. The Morgan fingerprint density at radius 1 is 1.09 bits per heavy atom. The van der Waals surface area contributed by atoms with Gasteiger partial charge in [0.05, 0.1) is 0 Å². The molecule has 0 aromatic heterocycles. The van der Waals surface area contributed by atoms with Crippen molar-refractivity contribution in [3.63, 3.8) is 0 Å². The fourth-order valence-corrected chi connectivity index (χ4v) is 2.48. The number of allylic oxidation sites excluding steroid dienone is 3. The number of nitrogens with zero attached hydrogens (tertiary/aromatic N) is 2. The molecule has 1 aliphatic rings. The highest BCUT2D eigenvalue weighted by atomic mass is 35.5. The third-order valence-corrected chi connectivity index (χ3v) is 3.73. The number of rotatable bonds is 3. The molecule has 2 rings (SSSR count). The number of halogens is 1. The van der Waals surface area contributed by atoms with Crippen molar-refractivity contribution in [2.45, 2.75) is 6.92 Å². The Hall–Kier alpha value is -2.07. The van der Waals surface area contributed by atoms with Gasteiger partial charge in [0.2, 0.25) is 5.91 Å². The summed E-state index contributed by atoms with van der Waals surface area (Å²) in [7, 11) is 0. The van der Waals surface area contributed by atoms with Crippen LogP contribution in [-0.2, 0) is 4.79 Å². The first kappa shape index (κ1) is 16.3. The lowest BCUT2D eigenvalue weighted by molar-refractivity contribution is -0.127. The van der Waals surface area contributed by atoms with Crippen molar-refractivity contribution < 1.29 is 9.59 Å². The number of hydrogen-bond acceptors (Lipinski definition) is 2. The van der Waals surface area contributed by atoms with Crippen LogP contribution in [0.3, 0.4) is 0 Å². The first-order chi connectivity index (χ1) is 10.6. The van der Waals surface area contributed by atoms with Crippen molar-refractivity contribution in [3.05, 3.63) is 59.2 Å². The highest BCUT2D eigenvalue weighted by Crippen LogP contribution is 2.14. The van der Waals surface area contributed by atoms with Crippen LogP contribution in [0.15, 0.2) is 48.6 Å². The van der Waals surface area contributed by atoms with Crippen molar-refractivity contribution in [1.82, 2.24) is 9.80 Å². The van der Waals surface area contributed by atoms with Crippen molar-refractivity contribution >= 4 is 23.4 Å². The SMILES string of the molecule is C/C=C/C=C/C(=O)N1CCN(C(=O)c2cccc(Cl)c2)CC1. The quantitative estimate of drug-likeness (QED) is 0.635. The van der Waals surface area contributed by atoms with E-state index in [0.29, 0.717) is 36.8 Å². The number of benzene rings is 1. The Bertz CT molecular complexity index is 602. The Morgan fingerprint density at radius 2 is 1.77 bits per heavy atom. The van der Waals surface area contributed by atoms with Crippen molar-refractivity contribution in [1.29, 1.82) is 0 Å². The zero-order valence-electron chi connectivity index (χ0n) is 12.5. The normalized spacial score (nSPS) is 15.7. The Morgan fingerprint density at radius 3 is 2.41 bits per heavy atom. The summed E-state index contributed by atoms with van der Waals surface area (Å²) in [6, 6.07) is 6.93. The van der Waals surface area contributed by atoms with Crippen molar-refractivity contribution in [3.8, 4) is 0 Å². The van der Waals surface area contributed by atoms with Gasteiger partial charge in [-0.2, -0.15) is 0 Å². The summed E-state index contributed by atoms with van der Waals surface area (Å²) in [4.78, 5) is 27.8. The third kappa shape index (κ3) is 4.21. The van der Waals surface area contributed by atoms with E-state index in [1.165, 1.54) is 0 Å². The van der Waals surface area contributed by atoms with Crippen LogP contribution in [0.2, 0.25) is 5.02 Å². The Kier molecular flexibility index (Phi) is 5.78. The topological polar surface area (TPSA) is 40.6 Å². The van der Waals surface area contributed by atoms with Gasteiger partial charge in [-0.15, -0.1) is 0 Å². The second kappa shape index (κ2) is 7.80.